The Morgan fingerprint density at radius 1 is 1.30 bits per heavy atom. The number of amides is 2. The summed E-state index contributed by atoms with van der Waals surface area (Å²) in [5.74, 6) is -0.893. The van der Waals surface area contributed by atoms with Gasteiger partial charge in [0.05, 0.1) is 25.8 Å². The molecule has 2 aromatic rings. The van der Waals surface area contributed by atoms with Crippen molar-refractivity contribution in [2.75, 3.05) is 25.6 Å². The summed E-state index contributed by atoms with van der Waals surface area (Å²) in [6.45, 7) is 2.67. The molecule has 9 heteroatoms. The van der Waals surface area contributed by atoms with Crippen molar-refractivity contribution in [2.24, 2.45) is 0 Å². The van der Waals surface area contributed by atoms with Crippen LogP contribution in [0, 0.1) is 0 Å². The molecule has 0 fully saturated rings. The highest BCUT2D eigenvalue weighted by Gasteiger charge is 2.31. The molecule has 2 heterocycles. The number of benzene rings is 1. The summed E-state index contributed by atoms with van der Waals surface area (Å²) in [5, 5.41) is 3.70. The van der Waals surface area contributed by atoms with Gasteiger partial charge in [-0.05, 0) is 36.6 Å². The molecule has 0 bridgehead atoms. The van der Waals surface area contributed by atoms with E-state index in [2.05, 4.69) is 5.32 Å². The quantitative estimate of drug-likeness (QED) is 0.542. The number of fused-ring (bicyclic) bond motifs is 1. The topological polar surface area (TPSA) is 84.9 Å². The first kappa shape index (κ1) is 21.9. The van der Waals surface area contributed by atoms with E-state index in [4.69, 9.17) is 21.1 Å². The third-order valence-corrected chi connectivity index (χ3v) is 6.00. The van der Waals surface area contributed by atoms with Crippen molar-refractivity contribution in [3.05, 3.63) is 56.9 Å². The van der Waals surface area contributed by atoms with Crippen LogP contribution in [0.1, 0.15) is 33.3 Å². The molecular weight excluding hydrogens is 428 g/mol. The second-order valence-electron chi connectivity index (χ2n) is 6.41. The van der Waals surface area contributed by atoms with Crippen LogP contribution in [0.4, 0.5) is 9.80 Å². The fraction of sp³-hybridized carbons (Fsp3) is 0.286. The molecule has 0 atom stereocenters. The van der Waals surface area contributed by atoms with E-state index < -0.39 is 18.0 Å². The second-order valence-corrected chi connectivity index (χ2v) is 7.93. The molecule has 0 saturated carbocycles. The zero-order valence-corrected chi connectivity index (χ0v) is 18.1. The van der Waals surface area contributed by atoms with Crippen LogP contribution in [0.25, 0.3) is 6.08 Å². The van der Waals surface area contributed by atoms with Gasteiger partial charge in [0.2, 0.25) is 5.91 Å². The summed E-state index contributed by atoms with van der Waals surface area (Å²) >= 11 is 7.36. The number of methoxy groups -OCH3 is 1. The molecule has 7 nitrogen and oxygen atoms in total. The lowest BCUT2D eigenvalue weighted by atomic mass is 10.0. The van der Waals surface area contributed by atoms with Crippen molar-refractivity contribution < 1.29 is 23.9 Å². The lowest BCUT2D eigenvalue weighted by Gasteiger charge is -2.25. The average molecular weight is 449 g/mol. The fourth-order valence-corrected chi connectivity index (χ4v) is 4.58. The van der Waals surface area contributed by atoms with E-state index in [0.29, 0.717) is 40.7 Å². The maximum atomic E-state index is 12.6. The minimum absolute atomic E-state index is 0.220. The van der Waals surface area contributed by atoms with Gasteiger partial charge in [0.15, 0.2) is 0 Å². The lowest BCUT2D eigenvalue weighted by Crippen LogP contribution is -2.35. The van der Waals surface area contributed by atoms with Gasteiger partial charge in [0.1, 0.15) is 5.00 Å². The first-order valence-electron chi connectivity index (χ1n) is 9.32. The number of nitrogens with zero attached hydrogens (tertiary/aromatic N) is 1. The van der Waals surface area contributed by atoms with Gasteiger partial charge in [-0.15, -0.1) is 11.3 Å². The van der Waals surface area contributed by atoms with Crippen molar-refractivity contribution >= 4 is 52.0 Å². The molecule has 1 aliphatic rings. The highest BCUT2D eigenvalue weighted by molar-refractivity contribution is 7.17. The first-order chi connectivity index (χ1) is 14.4. The number of thiophene rings is 1. The molecule has 1 N–H and O–H groups in total. The fourth-order valence-electron chi connectivity index (χ4n) is 3.12. The monoisotopic (exact) mass is 448 g/mol. The molecule has 30 heavy (non-hydrogen) atoms. The Balaban J connectivity index is 1.85. The van der Waals surface area contributed by atoms with Crippen molar-refractivity contribution in [1.29, 1.82) is 0 Å². The van der Waals surface area contributed by atoms with Gasteiger partial charge >= 0.3 is 12.1 Å². The zero-order chi connectivity index (χ0) is 21.7. The number of esters is 1. The van der Waals surface area contributed by atoms with Crippen LogP contribution in [0.5, 0.6) is 0 Å². The van der Waals surface area contributed by atoms with Crippen LogP contribution in [0.15, 0.2) is 30.3 Å². The Hall–Kier alpha value is -2.84. The number of nitrogens with one attached hydrogen (secondary N) is 1. The summed E-state index contributed by atoms with van der Waals surface area (Å²) in [6, 6.07) is 7.15. The van der Waals surface area contributed by atoms with Gasteiger partial charge < -0.3 is 19.7 Å². The molecule has 158 valence electrons. The van der Waals surface area contributed by atoms with E-state index in [9.17, 15) is 14.4 Å². The van der Waals surface area contributed by atoms with Gasteiger partial charge in [-0.1, -0.05) is 29.8 Å². The summed E-state index contributed by atoms with van der Waals surface area (Å²) in [5.41, 5.74) is 1.85. The van der Waals surface area contributed by atoms with Crippen LogP contribution in [-0.2, 0) is 27.2 Å². The minimum atomic E-state index is -0.494. The van der Waals surface area contributed by atoms with Crippen LogP contribution < -0.4 is 5.32 Å². The standard InChI is InChI=1S/C21H21ClN2O5S/c1-3-29-20(26)18-14-10-11-24(21(27)28-2)12-16(14)30-19(18)23-17(25)9-8-13-6-4-5-7-15(13)22/h4-9H,3,10-12H2,1-2H3,(H,23,25)/b9-8+. The largest absolute Gasteiger partial charge is 0.462 e. The molecule has 0 unspecified atom stereocenters. The Labute approximate surface area is 183 Å². The predicted molar refractivity (Wildman–Crippen MR) is 116 cm³/mol. The zero-order valence-electron chi connectivity index (χ0n) is 16.6. The van der Waals surface area contributed by atoms with Crippen LogP contribution in [0.2, 0.25) is 5.02 Å². The molecular formula is C21H21ClN2O5S. The number of carbonyl (C=O) groups excluding carboxylic acids is 3. The maximum absolute atomic E-state index is 12.6. The number of hydrogen-bond donors (Lipinski definition) is 1. The number of rotatable bonds is 5. The van der Waals surface area contributed by atoms with Gasteiger partial charge in [-0.25, -0.2) is 9.59 Å². The van der Waals surface area contributed by atoms with E-state index in [-0.39, 0.29) is 6.61 Å². The summed E-state index contributed by atoms with van der Waals surface area (Å²) in [7, 11) is 1.33. The van der Waals surface area contributed by atoms with Crippen LogP contribution in [0.3, 0.4) is 0 Å². The molecule has 0 aliphatic carbocycles. The van der Waals surface area contributed by atoms with E-state index in [0.717, 1.165) is 10.4 Å². The molecule has 1 aromatic heterocycles. The predicted octanol–water partition coefficient (Wildman–Crippen LogP) is 4.35. The summed E-state index contributed by atoms with van der Waals surface area (Å²) in [4.78, 5) is 39.3. The SMILES string of the molecule is CCOC(=O)c1c(NC(=O)/C=C/c2ccccc2Cl)sc2c1CCN(C(=O)OC)C2. The van der Waals surface area contributed by atoms with Gasteiger partial charge in [0, 0.05) is 22.5 Å². The molecule has 3 rings (SSSR count). The molecule has 0 spiro atoms. The van der Waals surface area contributed by atoms with E-state index in [1.807, 2.05) is 6.07 Å². The van der Waals surface area contributed by atoms with Gasteiger partial charge in [-0.3, -0.25) is 4.79 Å². The molecule has 1 aromatic carbocycles. The van der Waals surface area contributed by atoms with Crippen molar-refractivity contribution in [3.8, 4) is 0 Å². The van der Waals surface area contributed by atoms with Crippen LogP contribution in [-0.4, -0.2) is 43.1 Å². The van der Waals surface area contributed by atoms with E-state index >= 15 is 0 Å². The van der Waals surface area contributed by atoms with E-state index in [1.54, 1.807) is 36.1 Å². The Bertz CT molecular complexity index is 1000. The third kappa shape index (κ3) is 4.83. The maximum Gasteiger partial charge on any atom is 0.409 e. The smallest absolute Gasteiger partial charge is 0.409 e. The van der Waals surface area contributed by atoms with Crippen molar-refractivity contribution in [2.45, 2.75) is 19.9 Å². The van der Waals surface area contributed by atoms with Crippen molar-refractivity contribution in [3.63, 3.8) is 0 Å². The summed E-state index contributed by atoms with van der Waals surface area (Å²) in [6.07, 6.45) is 3.00. The number of carbonyl (C=O) groups is 3. The third-order valence-electron chi connectivity index (χ3n) is 4.53. The Morgan fingerprint density at radius 3 is 2.77 bits per heavy atom. The number of ether oxygens (including phenoxy) is 2. The van der Waals surface area contributed by atoms with Crippen LogP contribution >= 0.6 is 22.9 Å². The highest BCUT2D eigenvalue weighted by atomic mass is 35.5. The summed E-state index contributed by atoms with van der Waals surface area (Å²) < 4.78 is 9.98. The first-order valence-corrected chi connectivity index (χ1v) is 10.5. The number of halogens is 1. The average Bonchev–Trinajstić information content (AvgIpc) is 3.09. The second kappa shape index (κ2) is 9.77. The Kier molecular flexibility index (Phi) is 7.12. The normalized spacial score (nSPS) is 13.1. The molecule has 2 amide bonds. The molecule has 1 aliphatic heterocycles. The molecule has 0 saturated heterocycles. The Morgan fingerprint density at radius 2 is 2.07 bits per heavy atom. The minimum Gasteiger partial charge on any atom is -0.462 e. The number of anilines is 1. The van der Waals surface area contributed by atoms with Gasteiger partial charge in [0.25, 0.3) is 0 Å². The van der Waals surface area contributed by atoms with Gasteiger partial charge in [-0.2, -0.15) is 0 Å². The highest BCUT2D eigenvalue weighted by Crippen LogP contribution is 2.38. The van der Waals surface area contributed by atoms with E-state index in [1.165, 1.54) is 24.5 Å². The number of hydrogen-bond acceptors (Lipinski definition) is 6. The lowest BCUT2D eigenvalue weighted by molar-refractivity contribution is -0.111. The van der Waals surface area contributed by atoms with Crippen molar-refractivity contribution in [1.82, 2.24) is 4.90 Å². The molecule has 0 radical (unpaired) electrons.